The third-order valence-corrected chi connectivity index (χ3v) is 2.98. The Morgan fingerprint density at radius 1 is 1.39 bits per heavy atom. The number of aromatic nitrogens is 2. The van der Waals surface area contributed by atoms with Crippen molar-refractivity contribution in [1.82, 2.24) is 15.1 Å². The molecule has 0 fully saturated rings. The molecular weight excluding hydrogens is 226 g/mol. The van der Waals surface area contributed by atoms with Gasteiger partial charge in [-0.1, -0.05) is 27.7 Å². The van der Waals surface area contributed by atoms with Crippen molar-refractivity contribution in [3.05, 3.63) is 17.5 Å². The average molecular weight is 251 g/mol. The highest BCUT2D eigenvalue weighted by Crippen LogP contribution is 2.06. The van der Waals surface area contributed by atoms with Gasteiger partial charge in [0.1, 0.15) is 6.54 Å². The largest absolute Gasteiger partial charge is 0.354 e. The Labute approximate surface area is 110 Å². The van der Waals surface area contributed by atoms with Gasteiger partial charge in [0.15, 0.2) is 0 Å². The minimum absolute atomic E-state index is 0.0519. The second kappa shape index (κ2) is 7.19. The van der Waals surface area contributed by atoms with Crippen LogP contribution in [-0.4, -0.2) is 22.2 Å². The fourth-order valence-corrected chi connectivity index (χ4v) is 1.80. The van der Waals surface area contributed by atoms with Crippen molar-refractivity contribution in [1.29, 1.82) is 0 Å². The van der Waals surface area contributed by atoms with Gasteiger partial charge in [0.2, 0.25) is 5.91 Å². The minimum Gasteiger partial charge on any atom is -0.354 e. The minimum atomic E-state index is 0.0519. The molecule has 0 aliphatic heterocycles. The first-order valence-electron chi connectivity index (χ1n) is 6.89. The summed E-state index contributed by atoms with van der Waals surface area (Å²) in [6, 6.07) is 2.08. The van der Waals surface area contributed by atoms with Crippen molar-refractivity contribution < 1.29 is 4.79 Å². The Bertz CT molecular complexity index is 382. The third-order valence-electron chi connectivity index (χ3n) is 2.98. The number of nitrogens with zero attached hydrogens (tertiary/aromatic N) is 2. The Morgan fingerprint density at radius 2 is 2.11 bits per heavy atom. The maximum absolute atomic E-state index is 11.8. The average Bonchev–Trinajstić information content (AvgIpc) is 2.70. The van der Waals surface area contributed by atoms with E-state index in [0.29, 0.717) is 12.5 Å². The molecule has 0 radical (unpaired) electrons. The lowest BCUT2D eigenvalue weighted by molar-refractivity contribution is -0.121. The first-order chi connectivity index (χ1) is 8.56. The standard InChI is InChI=1S/C14H25N3O/c1-5-12-9-13(6-2)17(16-12)10-14(18)15-8-7-11(3)4/h9,11H,5-8,10H2,1-4H3,(H,15,18). The molecule has 1 aromatic heterocycles. The lowest BCUT2D eigenvalue weighted by atomic mass is 10.1. The van der Waals surface area contributed by atoms with Crippen molar-refractivity contribution in [2.45, 2.75) is 53.5 Å². The first-order valence-corrected chi connectivity index (χ1v) is 6.89. The van der Waals surface area contributed by atoms with Gasteiger partial charge in [-0.05, 0) is 31.2 Å². The Hall–Kier alpha value is -1.32. The van der Waals surface area contributed by atoms with Crippen LogP contribution in [0.25, 0.3) is 0 Å². The number of rotatable bonds is 7. The van der Waals surface area contributed by atoms with Crippen molar-refractivity contribution in [3.63, 3.8) is 0 Å². The Morgan fingerprint density at radius 3 is 2.67 bits per heavy atom. The second-order valence-electron chi connectivity index (χ2n) is 5.02. The predicted octanol–water partition coefficient (Wildman–Crippen LogP) is 2.17. The van der Waals surface area contributed by atoms with Gasteiger partial charge in [-0.15, -0.1) is 0 Å². The summed E-state index contributed by atoms with van der Waals surface area (Å²) in [5.41, 5.74) is 2.19. The van der Waals surface area contributed by atoms with Crippen LogP contribution in [0.4, 0.5) is 0 Å². The van der Waals surface area contributed by atoms with Gasteiger partial charge in [0.25, 0.3) is 0 Å². The van der Waals surface area contributed by atoms with E-state index in [1.807, 2.05) is 4.68 Å². The number of amides is 1. The summed E-state index contributed by atoms with van der Waals surface area (Å²) < 4.78 is 1.82. The maximum Gasteiger partial charge on any atom is 0.241 e. The quantitative estimate of drug-likeness (QED) is 0.807. The van der Waals surface area contributed by atoms with Crippen LogP contribution in [0, 0.1) is 5.92 Å². The molecule has 18 heavy (non-hydrogen) atoms. The number of carbonyl (C=O) groups is 1. The third kappa shape index (κ3) is 4.51. The molecular formula is C14H25N3O. The predicted molar refractivity (Wildman–Crippen MR) is 73.4 cm³/mol. The molecule has 102 valence electrons. The van der Waals surface area contributed by atoms with E-state index >= 15 is 0 Å². The molecule has 0 saturated carbocycles. The number of hydrogen-bond acceptors (Lipinski definition) is 2. The monoisotopic (exact) mass is 251 g/mol. The number of aryl methyl sites for hydroxylation is 2. The highest BCUT2D eigenvalue weighted by molar-refractivity contribution is 5.75. The highest BCUT2D eigenvalue weighted by Gasteiger charge is 2.09. The molecule has 0 atom stereocenters. The van der Waals surface area contributed by atoms with E-state index in [9.17, 15) is 4.79 Å². The zero-order valence-corrected chi connectivity index (χ0v) is 12.0. The van der Waals surface area contributed by atoms with Crippen LogP contribution in [0.1, 0.15) is 45.5 Å². The summed E-state index contributed by atoms with van der Waals surface area (Å²) in [5, 5.41) is 7.38. The van der Waals surface area contributed by atoms with Gasteiger partial charge >= 0.3 is 0 Å². The van der Waals surface area contributed by atoms with E-state index in [0.717, 1.165) is 37.2 Å². The first kappa shape index (κ1) is 14.7. The lowest BCUT2D eigenvalue weighted by Crippen LogP contribution is -2.30. The van der Waals surface area contributed by atoms with Crippen molar-refractivity contribution in [3.8, 4) is 0 Å². The molecule has 0 saturated heterocycles. The van der Waals surface area contributed by atoms with E-state index in [-0.39, 0.29) is 5.91 Å². The number of carbonyl (C=O) groups excluding carboxylic acids is 1. The maximum atomic E-state index is 11.8. The van der Waals surface area contributed by atoms with Gasteiger partial charge in [0, 0.05) is 12.2 Å². The molecule has 0 aliphatic carbocycles. The fourth-order valence-electron chi connectivity index (χ4n) is 1.80. The summed E-state index contributed by atoms with van der Waals surface area (Å²) in [5.74, 6) is 0.670. The van der Waals surface area contributed by atoms with Crippen LogP contribution < -0.4 is 5.32 Å². The molecule has 1 amide bonds. The molecule has 4 nitrogen and oxygen atoms in total. The number of nitrogens with one attached hydrogen (secondary N) is 1. The van der Waals surface area contributed by atoms with E-state index in [2.05, 4.69) is 44.2 Å². The van der Waals surface area contributed by atoms with Gasteiger partial charge in [0.05, 0.1) is 5.69 Å². The van der Waals surface area contributed by atoms with E-state index in [4.69, 9.17) is 0 Å². The van der Waals surface area contributed by atoms with E-state index in [1.165, 1.54) is 0 Å². The zero-order valence-electron chi connectivity index (χ0n) is 12.0. The molecule has 0 aromatic carbocycles. The van der Waals surface area contributed by atoms with Crippen LogP contribution >= 0.6 is 0 Å². The molecule has 1 rings (SSSR count). The van der Waals surface area contributed by atoms with Crippen molar-refractivity contribution in [2.24, 2.45) is 5.92 Å². The normalized spacial score (nSPS) is 10.9. The highest BCUT2D eigenvalue weighted by atomic mass is 16.2. The van der Waals surface area contributed by atoms with Crippen LogP contribution in [0.3, 0.4) is 0 Å². The molecule has 1 aromatic rings. The summed E-state index contributed by atoms with van der Waals surface area (Å²) in [7, 11) is 0. The van der Waals surface area contributed by atoms with Gasteiger partial charge < -0.3 is 5.32 Å². The zero-order chi connectivity index (χ0) is 13.5. The molecule has 1 heterocycles. The molecule has 4 heteroatoms. The van der Waals surface area contributed by atoms with Crippen LogP contribution in [0.5, 0.6) is 0 Å². The summed E-state index contributed by atoms with van der Waals surface area (Å²) in [4.78, 5) is 11.8. The molecule has 1 N–H and O–H groups in total. The Kier molecular flexibility index (Phi) is 5.89. The van der Waals surface area contributed by atoms with E-state index < -0.39 is 0 Å². The van der Waals surface area contributed by atoms with Crippen molar-refractivity contribution >= 4 is 5.91 Å². The SMILES string of the molecule is CCc1cc(CC)n(CC(=O)NCCC(C)C)n1. The second-order valence-corrected chi connectivity index (χ2v) is 5.02. The van der Waals surface area contributed by atoms with Gasteiger partial charge in [-0.3, -0.25) is 9.48 Å². The van der Waals surface area contributed by atoms with Crippen LogP contribution in [0.2, 0.25) is 0 Å². The van der Waals surface area contributed by atoms with Gasteiger partial charge in [-0.25, -0.2) is 0 Å². The number of hydrogen-bond donors (Lipinski definition) is 1. The van der Waals surface area contributed by atoms with E-state index in [1.54, 1.807) is 0 Å². The van der Waals surface area contributed by atoms with Crippen LogP contribution in [0.15, 0.2) is 6.07 Å². The Balaban J connectivity index is 2.50. The molecule has 0 unspecified atom stereocenters. The summed E-state index contributed by atoms with van der Waals surface area (Å²) in [6.45, 7) is 9.56. The smallest absolute Gasteiger partial charge is 0.241 e. The summed E-state index contributed by atoms with van der Waals surface area (Å²) in [6.07, 6.45) is 2.84. The molecule has 0 bridgehead atoms. The van der Waals surface area contributed by atoms with Crippen molar-refractivity contribution in [2.75, 3.05) is 6.54 Å². The molecule has 0 aliphatic rings. The molecule has 0 spiro atoms. The summed E-state index contributed by atoms with van der Waals surface area (Å²) >= 11 is 0. The fraction of sp³-hybridized carbons (Fsp3) is 0.714. The van der Waals surface area contributed by atoms with Gasteiger partial charge in [-0.2, -0.15) is 5.10 Å². The van der Waals surface area contributed by atoms with Crippen LogP contribution in [-0.2, 0) is 24.2 Å². The topological polar surface area (TPSA) is 46.9 Å². The lowest BCUT2D eigenvalue weighted by Gasteiger charge is -2.08.